The van der Waals surface area contributed by atoms with Gasteiger partial charge in [-0.1, -0.05) is 11.6 Å². The van der Waals surface area contributed by atoms with Gasteiger partial charge in [-0.25, -0.2) is 14.8 Å². The molecule has 0 radical (unpaired) electrons. The van der Waals surface area contributed by atoms with E-state index in [2.05, 4.69) is 9.97 Å². The Kier molecular flexibility index (Phi) is 3.95. The normalized spacial score (nSPS) is 10.1. The van der Waals surface area contributed by atoms with E-state index in [-0.39, 0.29) is 22.3 Å². The molecule has 0 saturated heterocycles. The molecule has 0 saturated carbocycles. The fourth-order valence-corrected chi connectivity index (χ4v) is 1.64. The van der Waals surface area contributed by atoms with Gasteiger partial charge in [0, 0.05) is 12.7 Å². The number of carboxylic acid groups (broad SMARTS) is 1. The minimum absolute atomic E-state index is 0.152. The Labute approximate surface area is 119 Å². The maximum Gasteiger partial charge on any atom is 0.335 e. The van der Waals surface area contributed by atoms with Crippen molar-refractivity contribution in [3.8, 4) is 0 Å². The van der Waals surface area contributed by atoms with Crippen LogP contribution in [-0.2, 0) is 0 Å². The molecule has 1 heterocycles. The molecule has 2 aromatic rings. The molecule has 1 aromatic carbocycles. The van der Waals surface area contributed by atoms with Crippen LogP contribution in [0.15, 0.2) is 36.7 Å². The van der Waals surface area contributed by atoms with E-state index in [9.17, 15) is 9.59 Å². The number of halogens is 1. The number of carbonyl (C=O) groups excluding carboxylic acids is 1. The molecule has 0 atom stereocenters. The number of hydrogen-bond donors (Lipinski definition) is 1. The quantitative estimate of drug-likeness (QED) is 0.936. The van der Waals surface area contributed by atoms with Crippen molar-refractivity contribution in [2.75, 3.05) is 11.9 Å². The Bertz CT molecular complexity index is 641. The fraction of sp³-hybridized carbons (Fsp3) is 0.0769. The first-order valence-corrected chi connectivity index (χ1v) is 5.96. The minimum Gasteiger partial charge on any atom is -0.478 e. The van der Waals surface area contributed by atoms with Crippen LogP contribution in [0, 0.1) is 0 Å². The van der Waals surface area contributed by atoms with E-state index >= 15 is 0 Å². The number of nitrogens with zero attached hydrogens (tertiary/aromatic N) is 3. The molecule has 1 N–H and O–H groups in total. The Balaban J connectivity index is 2.22. The third-order valence-corrected chi connectivity index (χ3v) is 2.84. The van der Waals surface area contributed by atoms with E-state index in [0.717, 1.165) is 0 Å². The number of aromatic nitrogens is 2. The number of hydrogen-bond acceptors (Lipinski definition) is 4. The average molecular weight is 292 g/mol. The highest BCUT2D eigenvalue weighted by Crippen LogP contribution is 2.16. The number of anilines is 1. The molecule has 7 heteroatoms. The second-order valence-electron chi connectivity index (χ2n) is 3.94. The van der Waals surface area contributed by atoms with E-state index in [1.165, 1.54) is 29.4 Å². The van der Waals surface area contributed by atoms with Crippen molar-refractivity contribution in [1.29, 1.82) is 0 Å². The standard InChI is InChI=1S/C13H10ClN3O3/c1-17(9-4-2-8(3-5-9)13(19)20)12(18)10-6-16-11(14)7-15-10/h2-7H,1H3,(H,19,20). The highest BCUT2D eigenvalue weighted by molar-refractivity contribution is 6.29. The van der Waals surface area contributed by atoms with Crippen molar-refractivity contribution in [3.63, 3.8) is 0 Å². The van der Waals surface area contributed by atoms with Crippen LogP contribution in [-0.4, -0.2) is 34.0 Å². The maximum absolute atomic E-state index is 12.1. The van der Waals surface area contributed by atoms with Crippen molar-refractivity contribution < 1.29 is 14.7 Å². The Morgan fingerprint density at radius 2 is 1.80 bits per heavy atom. The zero-order chi connectivity index (χ0) is 14.7. The molecule has 0 aliphatic rings. The summed E-state index contributed by atoms with van der Waals surface area (Å²) < 4.78 is 0. The summed E-state index contributed by atoms with van der Waals surface area (Å²) in [7, 11) is 1.56. The van der Waals surface area contributed by atoms with Gasteiger partial charge >= 0.3 is 5.97 Å². The van der Waals surface area contributed by atoms with Gasteiger partial charge in [0.2, 0.25) is 0 Å². The monoisotopic (exact) mass is 291 g/mol. The summed E-state index contributed by atoms with van der Waals surface area (Å²) in [5.74, 6) is -1.38. The maximum atomic E-state index is 12.1. The fourth-order valence-electron chi connectivity index (χ4n) is 1.54. The van der Waals surface area contributed by atoms with E-state index in [0.29, 0.717) is 5.69 Å². The molecule has 0 unspecified atom stereocenters. The first-order chi connectivity index (χ1) is 9.49. The number of carboxylic acids is 1. The number of benzene rings is 1. The molecule has 0 aliphatic heterocycles. The van der Waals surface area contributed by atoms with Gasteiger partial charge in [-0.15, -0.1) is 0 Å². The summed E-state index contributed by atoms with van der Waals surface area (Å²) in [4.78, 5) is 31.9. The smallest absolute Gasteiger partial charge is 0.335 e. The summed E-state index contributed by atoms with van der Waals surface area (Å²) in [6.45, 7) is 0. The molecule has 20 heavy (non-hydrogen) atoms. The summed E-state index contributed by atoms with van der Waals surface area (Å²) in [6.07, 6.45) is 2.57. The summed E-state index contributed by atoms with van der Waals surface area (Å²) in [5.41, 5.74) is 0.858. The molecule has 1 aromatic heterocycles. The molecule has 2 rings (SSSR count). The van der Waals surface area contributed by atoms with Crippen LogP contribution in [0.4, 0.5) is 5.69 Å². The largest absolute Gasteiger partial charge is 0.478 e. The molecular formula is C13H10ClN3O3. The van der Waals surface area contributed by atoms with Crippen molar-refractivity contribution in [2.24, 2.45) is 0 Å². The molecule has 0 aliphatic carbocycles. The van der Waals surface area contributed by atoms with Crippen LogP contribution >= 0.6 is 11.6 Å². The van der Waals surface area contributed by atoms with Gasteiger partial charge in [-0.2, -0.15) is 0 Å². The van der Waals surface area contributed by atoms with Gasteiger partial charge in [0.25, 0.3) is 5.91 Å². The predicted molar refractivity (Wildman–Crippen MR) is 73.2 cm³/mol. The predicted octanol–water partition coefficient (Wildman–Crippen LogP) is 2.10. The van der Waals surface area contributed by atoms with Crippen LogP contribution in [0.5, 0.6) is 0 Å². The highest BCUT2D eigenvalue weighted by Gasteiger charge is 2.15. The lowest BCUT2D eigenvalue weighted by molar-refractivity contribution is 0.0696. The lowest BCUT2D eigenvalue weighted by Crippen LogP contribution is -2.27. The van der Waals surface area contributed by atoms with E-state index in [4.69, 9.17) is 16.7 Å². The number of aromatic carboxylic acids is 1. The minimum atomic E-state index is -1.02. The third-order valence-electron chi connectivity index (χ3n) is 2.65. The van der Waals surface area contributed by atoms with Gasteiger partial charge < -0.3 is 10.0 Å². The Morgan fingerprint density at radius 1 is 1.15 bits per heavy atom. The first kappa shape index (κ1) is 14.0. The van der Waals surface area contributed by atoms with Crippen LogP contribution in [0.3, 0.4) is 0 Å². The van der Waals surface area contributed by atoms with Crippen LogP contribution in [0.25, 0.3) is 0 Å². The van der Waals surface area contributed by atoms with Crippen LogP contribution in [0.2, 0.25) is 5.15 Å². The molecular weight excluding hydrogens is 282 g/mol. The van der Waals surface area contributed by atoms with Crippen LogP contribution in [0.1, 0.15) is 20.8 Å². The second kappa shape index (κ2) is 5.66. The molecule has 1 amide bonds. The van der Waals surface area contributed by atoms with Gasteiger partial charge in [0.15, 0.2) is 0 Å². The van der Waals surface area contributed by atoms with E-state index in [1.807, 2.05) is 0 Å². The SMILES string of the molecule is CN(C(=O)c1cnc(Cl)cn1)c1ccc(C(=O)O)cc1. The third kappa shape index (κ3) is 2.92. The van der Waals surface area contributed by atoms with E-state index < -0.39 is 5.97 Å². The zero-order valence-electron chi connectivity index (χ0n) is 10.4. The number of carbonyl (C=O) groups is 2. The van der Waals surface area contributed by atoms with Crippen molar-refractivity contribution in [1.82, 2.24) is 9.97 Å². The van der Waals surface area contributed by atoms with Gasteiger partial charge in [0.1, 0.15) is 10.8 Å². The van der Waals surface area contributed by atoms with Crippen molar-refractivity contribution in [2.45, 2.75) is 0 Å². The number of amides is 1. The lowest BCUT2D eigenvalue weighted by Gasteiger charge is -2.16. The molecule has 6 nitrogen and oxygen atoms in total. The molecule has 0 bridgehead atoms. The Hall–Kier alpha value is -2.47. The number of rotatable bonds is 3. The average Bonchev–Trinajstić information content (AvgIpc) is 2.46. The summed E-state index contributed by atoms with van der Waals surface area (Å²) >= 11 is 5.61. The van der Waals surface area contributed by atoms with Gasteiger partial charge in [-0.3, -0.25) is 4.79 Å². The van der Waals surface area contributed by atoms with Gasteiger partial charge in [0.05, 0.1) is 18.0 Å². The van der Waals surface area contributed by atoms with Gasteiger partial charge in [-0.05, 0) is 24.3 Å². The van der Waals surface area contributed by atoms with Crippen molar-refractivity contribution in [3.05, 3.63) is 53.1 Å². The summed E-state index contributed by atoms with van der Waals surface area (Å²) in [5, 5.41) is 9.02. The topological polar surface area (TPSA) is 83.4 Å². The van der Waals surface area contributed by atoms with Crippen LogP contribution < -0.4 is 4.90 Å². The van der Waals surface area contributed by atoms with E-state index in [1.54, 1.807) is 19.2 Å². The molecule has 0 spiro atoms. The molecule has 0 fully saturated rings. The van der Waals surface area contributed by atoms with Crippen molar-refractivity contribution >= 4 is 29.2 Å². The first-order valence-electron chi connectivity index (χ1n) is 5.58. The molecule has 102 valence electrons. The summed E-state index contributed by atoms with van der Waals surface area (Å²) in [6, 6.07) is 5.94. The highest BCUT2D eigenvalue weighted by atomic mass is 35.5. The second-order valence-corrected chi connectivity index (χ2v) is 4.33. The Morgan fingerprint density at radius 3 is 2.30 bits per heavy atom. The lowest BCUT2D eigenvalue weighted by atomic mass is 10.2. The zero-order valence-corrected chi connectivity index (χ0v) is 11.2.